The summed E-state index contributed by atoms with van der Waals surface area (Å²) in [4.78, 5) is 0. The first-order valence-corrected chi connectivity index (χ1v) is 7.66. The molecule has 0 spiro atoms. The second-order valence-corrected chi connectivity index (χ2v) is 7.01. The fourth-order valence-corrected chi connectivity index (χ4v) is 3.11. The molecule has 19 heavy (non-hydrogen) atoms. The third kappa shape index (κ3) is 3.97. The molecule has 2 rings (SSSR count). The lowest BCUT2D eigenvalue weighted by Crippen LogP contribution is -2.10. The minimum atomic E-state index is -4.37. The standard InChI is InChI=1S/C12H8Br2F3NS/c13-8-1-2-10(9(4-8)12(15,16)17)18-5-7-3-11(14)19-6-7/h1-4,6,18H,5H2. The lowest BCUT2D eigenvalue weighted by atomic mass is 10.1. The molecule has 0 unspecified atom stereocenters. The Morgan fingerprint density at radius 1 is 1.16 bits per heavy atom. The molecular formula is C12H8Br2F3NS. The van der Waals surface area contributed by atoms with Gasteiger partial charge in [-0.15, -0.1) is 11.3 Å². The summed E-state index contributed by atoms with van der Waals surface area (Å²) >= 11 is 7.87. The molecule has 1 nitrogen and oxygen atoms in total. The van der Waals surface area contributed by atoms with Crippen LogP contribution in [0.2, 0.25) is 0 Å². The van der Waals surface area contributed by atoms with Crippen LogP contribution in [0.1, 0.15) is 11.1 Å². The maximum absolute atomic E-state index is 12.9. The molecule has 0 atom stereocenters. The first-order valence-electron chi connectivity index (χ1n) is 5.20. The number of hydrogen-bond acceptors (Lipinski definition) is 2. The summed E-state index contributed by atoms with van der Waals surface area (Å²) in [5.74, 6) is 0. The van der Waals surface area contributed by atoms with Crippen LogP contribution in [-0.2, 0) is 12.7 Å². The van der Waals surface area contributed by atoms with Crippen molar-refractivity contribution in [3.63, 3.8) is 0 Å². The van der Waals surface area contributed by atoms with E-state index in [9.17, 15) is 13.2 Å². The average molecular weight is 415 g/mol. The zero-order valence-electron chi connectivity index (χ0n) is 9.39. The second-order valence-electron chi connectivity index (χ2n) is 3.80. The molecule has 1 aromatic carbocycles. The maximum atomic E-state index is 12.9. The van der Waals surface area contributed by atoms with Gasteiger partial charge in [-0.1, -0.05) is 15.9 Å². The lowest BCUT2D eigenvalue weighted by molar-refractivity contribution is -0.137. The van der Waals surface area contributed by atoms with Crippen LogP contribution in [0, 0.1) is 0 Å². The van der Waals surface area contributed by atoms with E-state index in [1.807, 2.05) is 11.4 Å². The number of halogens is 5. The summed E-state index contributed by atoms with van der Waals surface area (Å²) in [6.07, 6.45) is -4.37. The number of nitrogens with one attached hydrogen (secondary N) is 1. The van der Waals surface area contributed by atoms with Crippen LogP contribution in [0.25, 0.3) is 0 Å². The third-order valence-electron chi connectivity index (χ3n) is 2.39. The van der Waals surface area contributed by atoms with Crippen molar-refractivity contribution >= 4 is 48.9 Å². The predicted octanol–water partition coefficient (Wildman–Crippen LogP) is 5.90. The summed E-state index contributed by atoms with van der Waals surface area (Å²) in [5.41, 5.74) is 0.349. The molecule has 1 aromatic heterocycles. The van der Waals surface area contributed by atoms with Crippen LogP contribution in [0.15, 0.2) is 37.9 Å². The van der Waals surface area contributed by atoms with Crippen molar-refractivity contribution in [1.29, 1.82) is 0 Å². The van der Waals surface area contributed by atoms with Gasteiger partial charge in [0.2, 0.25) is 0 Å². The molecule has 102 valence electrons. The van der Waals surface area contributed by atoms with Gasteiger partial charge in [-0.3, -0.25) is 0 Å². The highest BCUT2D eigenvalue weighted by Crippen LogP contribution is 2.36. The Labute approximate surface area is 129 Å². The molecule has 0 aliphatic rings. The summed E-state index contributed by atoms with van der Waals surface area (Å²) in [6, 6.07) is 5.96. The fourth-order valence-electron chi connectivity index (χ4n) is 1.54. The number of alkyl halides is 3. The first-order chi connectivity index (χ1) is 8.86. The van der Waals surface area contributed by atoms with Gasteiger partial charge in [0.05, 0.1) is 9.35 Å². The van der Waals surface area contributed by atoms with Gasteiger partial charge >= 0.3 is 6.18 Å². The van der Waals surface area contributed by atoms with Crippen molar-refractivity contribution in [3.05, 3.63) is 49.0 Å². The van der Waals surface area contributed by atoms with Gasteiger partial charge < -0.3 is 5.32 Å². The molecule has 0 aliphatic heterocycles. The van der Waals surface area contributed by atoms with Crippen LogP contribution in [0.4, 0.5) is 18.9 Å². The zero-order chi connectivity index (χ0) is 14.0. The smallest absolute Gasteiger partial charge is 0.380 e. The third-order valence-corrected chi connectivity index (χ3v) is 4.44. The number of anilines is 1. The van der Waals surface area contributed by atoms with Crippen molar-refractivity contribution in [3.8, 4) is 0 Å². The first kappa shape index (κ1) is 14.9. The lowest BCUT2D eigenvalue weighted by Gasteiger charge is -2.14. The van der Waals surface area contributed by atoms with Crippen molar-refractivity contribution < 1.29 is 13.2 Å². The Hall–Kier alpha value is -0.530. The molecule has 0 bridgehead atoms. The summed E-state index contributed by atoms with van der Waals surface area (Å²) < 4.78 is 40.0. The minimum Gasteiger partial charge on any atom is -0.380 e. The zero-order valence-corrected chi connectivity index (χ0v) is 13.4. The van der Waals surface area contributed by atoms with Crippen molar-refractivity contribution in [2.45, 2.75) is 12.7 Å². The van der Waals surface area contributed by atoms with E-state index in [0.717, 1.165) is 15.4 Å². The highest BCUT2D eigenvalue weighted by molar-refractivity contribution is 9.11. The minimum absolute atomic E-state index is 0.0815. The summed E-state index contributed by atoms with van der Waals surface area (Å²) in [5, 5.41) is 4.71. The van der Waals surface area contributed by atoms with E-state index in [1.54, 1.807) is 6.07 Å². The number of thiophene rings is 1. The normalized spacial score (nSPS) is 11.6. The van der Waals surface area contributed by atoms with Crippen LogP contribution in [-0.4, -0.2) is 0 Å². The molecule has 0 radical (unpaired) electrons. The Morgan fingerprint density at radius 2 is 1.89 bits per heavy atom. The van der Waals surface area contributed by atoms with Crippen molar-refractivity contribution in [2.75, 3.05) is 5.32 Å². The van der Waals surface area contributed by atoms with Gasteiger partial charge in [0.1, 0.15) is 0 Å². The number of benzene rings is 1. The molecular weight excluding hydrogens is 407 g/mol. The molecule has 0 saturated carbocycles. The molecule has 0 fully saturated rings. The topological polar surface area (TPSA) is 12.0 Å². The Balaban J connectivity index is 2.20. The van der Waals surface area contributed by atoms with Crippen molar-refractivity contribution in [1.82, 2.24) is 0 Å². The molecule has 1 N–H and O–H groups in total. The van der Waals surface area contributed by atoms with E-state index in [0.29, 0.717) is 11.0 Å². The highest BCUT2D eigenvalue weighted by atomic mass is 79.9. The quantitative estimate of drug-likeness (QED) is 0.658. The van der Waals surface area contributed by atoms with Gasteiger partial charge in [0, 0.05) is 16.7 Å². The molecule has 0 amide bonds. The average Bonchev–Trinajstić information content (AvgIpc) is 2.72. The van der Waals surface area contributed by atoms with Gasteiger partial charge in [-0.2, -0.15) is 13.2 Å². The van der Waals surface area contributed by atoms with Crippen LogP contribution in [0.3, 0.4) is 0 Å². The highest BCUT2D eigenvalue weighted by Gasteiger charge is 2.33. The van der Waals surface area contributed by atoms with E-state index < -0.39 is 11.7 Å². The molecule has 1 heterocycles. The predicted molar refractivity (Wildman–Crippen MR) is 78.5 cm³/mol. The van der Waals surface area contributed by atoms with Crippen molar-refractivity contribution in [2.24, 2.45) is 0 Å². The van der Waals surface area contributed by atoms with E-state index in [-0.39, 0.29) is 5.69 Å². The number of rotatable bonds is 3. The van der Waals surface area contributed by atoms with Gasteiger partial charge in [0.15, 0.2) is 0 Å². The summed E-state index contributed by atoms with van der Waals surface area (Å²) in [6.45, 7) is 0.354. The van der Waals surface area contributed by atoms with Crippen LogP contribution < -0.4 is 5.32 Å². The summed E-state index contributed by atoms with van der Waals surface area (Å²) in [7, 11) is 0. The van der Waals surface area contributed by atoms with E-state index in [1.165, 1.54) is 17.4 Å². The molecule has 2 aromatic rings. The maximum Gasteiger partial charge on any atom is 0.418 e. The Morgan fingerprint density at radius 3 is 2.47 bits per heavy atom. The van der Waals surface area contributed by atoms with E-state index >= 15 is 0 Å². The monoisotopic (exact) mass is 413 g/mol. The second kappa shape index (κ2) is 5.85. The SMILES string of the molecule is FC(F)(F)c1cc(Br)ccc1NCc1csc(Br)c1. The van der Waals surface area contributed by atoms with E-state index in [4.69, 9.17) is 0 Å². The molecule has 7 heteroatoms. The molecule has 0 saturated heterocycles. The number of hydrogen-bond donors (Lipinski definition) is 1. The fraction of sp³-hybridized carbons (Fsp3) is 0.167. The van der Waals surface area contributed by atoms with Gasteiger partial charge in [-0.25, -0.2) is 0 Å². The van der Waals surface area contributed by atoms with E-state index in [2.05, 4.69) is 37.2 Å². The van der Waals surface area contributed by atoms with Gasteiger partial charge in [0.25, 0.3) is 0 Å². The Kier molecular flexibility index (Phi) is 4.58. The van der Waals surface area contributed by atoms with Gasteiger partial charge in [-0.05, 0) is 51.1 Å². The van der Waals surface area contributed by atoms with Crippen LogP contribution in [0.5, 0.6) is 0 Å². The molecule has 0 aliphatic carbocycles. The largest absolute Gasteiger partial charge is 0.418 e. The Bertz CT molecular complexity index is 581. The van der Waals surface area contributed by atoms with Crippen LogP contribution >= 0.6 is 43.2 Å².